The van der Waals surface area contributed by atoms with Gasteiger partial charge in [-0.25, -0.2) is 4.79 Å². The molecule has 1 heterocycles. The summed E-state index contributed by atoms with van der Waals surface area (Å²) in [6, 6.07) is 6.90. The molecule has 0 aliphatic carbocycles. The normalized spacial score (nSPS) is 10.2. The first kappa shape index (κ1) is 14.7. The predicted molar refractivity (Wildman–Crippen MR) is 74.1 cm³/mol. The van der Waals surface area contributed by atoms with Crippen LogP contribution in [0.3, 0.4) is 0 Å². The lowest BCUT2D eigenvalue weighted by Gasteiger charge is -2.08. The average molecular weight is 309 g/mol. The smallest absolute Gasteiger partial charge is 0.354 e. The van der Waals surface area contributed by atoms with E-state index in [1.54, 1.807) is 12.1 Å². The summed E-state index contributed by atoms with van der Waals surface area (Å²) >= 11 is 5.97. The Morgan fingerprint density at radius 2 is 2.10 bits per heavy atom. The summed E-state index contributed by atoms with van der Waals surface area (Å²) < 4.78 is 5.30. The van der Waals surface area contributed by atoms with Gasteiger partial charge in [0.1, 0.15) is 5.75 Å². The van der Waals surface area contributed by atoms with Crippen molar-refractivity contribution in [1.82, 2.24) is 4.98 Å². The summed E-state index contributed by atoms with van der Waals surface area (Å²) in [5.74, 6) is -1.59. The highest BCUT2D eigenvalue weighted by molar-refractivity contribution is 6.32. The minimum atomic E-state index is -1.32. The number of hydrogen-bond donors (Lipinski definition) is 1. The molecule has 108 valence electrons. The lowest BCUT2D eigenvalue weighted by atomic mass is 10.2. The molecule has 0 unspecified atom stereocenters. The van der Waals surface area contributed by atoms with Crippen molar-refractivity contribution < 1.29 is 19.6 Å². The molecule has 0 aliphatic heterocycles. The zero-order chi connectivity index (χ0) is 15.6. The maximum atomic E-state index is 10.9. The number of carbonyl (C=O) groups is 1. The molecule has 1 aromatic carbocycles. The number of carboxylic acid groups (broad SMARTS) is 1. The van der Waals surface area contributed by atoms with Crippen LogP contribution in [0.25, 0.3) is 0 Å². The molecule has 0 fully saturated rings. The molecule has 0 radical (unpaired) electrons. The Labute approximate surface area is 123 Å². The molecule has 0 atom stereocenters. The summed E-state index contributed by atoms with van der Waals surface area (Å²) in [5.41, 5.74) is 0.0737. The summed E-state index contributed by atoms with van der Waals surface area (Å²) in [7, 11) is 0. The molecule has 0 aliphatic rings. The number of aryl methyl sites for hydroxylation is 1. The lowest BCUT2D eigenvalue weighted by Crippen LogP contribution is -2.04. The first-order valence-electron chi connectivity index (χ1n) is 5.71. The Balaban J connectivity index is 2.48. The summed E-state index contributed by atoms with van der Waals surface area (Å²) in [6.07, 6.45) is 0. The average Bonchev–Trinajstić information content (AvgIpc) is 2.41. The summed E-state index contributed by atoms with van der Waals surface area (Å²) in [5, 5.41) is 20.1. The van der Waals surface area contributed by atoms with Crippen molar-refractivity contribution in [2.75, 3.05) is 0 Å². The van der Waals surface area contributed by atoms with Crippen LogP contribution < -0.4 is 4.74 Å². The SMILES string of the molecule is Cc1ccc(Oc2nc(C(=O)O)ccc2[N+](=O)[O-])c(Cl)c1. The summed E-state index contributed by atoms with van der Waals surface area (Å²) in [6.45, 7) is 1.82. The van der Waals surface area contributed by atoms with Gasteiger partial charge in [-0.3, -0.25) is 10.1 Å². The van der Waals surface area contributed by atoms with Gasteiger partial charge in [0, 0.05) is 6.07 Å². The minimum absolute atomic E-state index is 0.153. The molecular formula is C13H9ClN2O5. The number of ether oxygens (including phenoxy) is 1. The Bertz CT molecular complexity index is 732. The van der Waals surface area contributed by atoms with E-state index in [2.05, 4.69) is 4.98 Å². The van der Waals surface area contributed by atoms with Crippen molar-refractivity contribution in [1.29, 1.82) is 0 Å². The topological polar surface area (TPSA) is 103 Å². The van der Waals surface area contributed by atoms with Crippen LogP contribution in [-0.4, -0.2) is 21.0 Å². The molecule has 0 saturated carbocycles. The van der Waals surface area contributed by atoms with Crippen LogP contribution in [0.5, 0.6) is 11.6 Å². The number of nitrogens with zero attached hydrogens (tertiary/aromatic N) is 2. The van der Waals surface area contributed by atoms with Gasteiger partial charge in [0.05, 0.1) is 9.95 Å². The molecule has 2 rings (SSSR count). The largest absolute Gasteiger partial charge is 0.477 e. The van der Waals surface area contributed by atoms with Crippen LogP contribution in [0.15, 0.2) is 30.3 Å². The Kier molecular flexibility index (Phi) is 4.04. The number of rotatable bonds is 4. The lowest BCUT2D eigenvalue weighted by molar-refractivity contribution is -0.386. The second kappa shape index (κ2) is 5.76. The molecule has 2 aromatic rings. The zero-order valence-corrected chi connectivity index (χ0v) is 11.5. The van der Waals surface area contributed by atoms with Crippen molar-refractivity contribution >= 4 is 23.3 Å². The molecule has 7 nitrogen and oxygen atoms in total. The van der Waals surface area contributed by atoms with Crippen molar-refractivity contribution in [2.24, 2.45) is 0 Å². The zero-order valence-electron chi connectivity index (χ0n) is 10.7. The highest BCUT2D eigenvalue weighted by Crippen LogP contribution is 2.33. The molecule has 0 saturated heterocycles. The number of aromatic nitrogens is 1. The third-order valence-corrected chi connectivity index (χ3v) is 2.85. The first-order chi connectivity index (χ1) is 9.88. The highest BCUT2D eigenvalue weighted by Gasteiger charge is 2.21. The van der Waals surface area contributed by atoms with E-state index in [0.29, 0.717) is 0 Å². The number of aromatic carboxylic acids is 1. The Morgan fingerprint density at radius 3 is 2.67 bits per heavy atom. The molecule has 1 N–H and O–H groups in total. The van der Waals surface area contributed by atoms with Gasteiger partial charge in [0.25, 0.3) is 0 Å². The second-order valence-corrected chi connectivity index (χ2v) is 4.53. The fourth-order valence-corrected chi connectivity index (χ4v) is 1.83. The monoisotopic (exact) mass is 308 g/mol. The fraction of sp³-hybridized carbons (Fsp3) is 0.0769. The van der Waals surface area contributed by atoms with E-state index >= 15 is 0 Å². The van der Waals surface area contributed by atoms with E-state index in [-0.39, 0.29) is 16.5 Å². The van der Waals surface area contributed by atoms with E-state index in [9.17, 15) is 14.9 Å². The molecular weight excluding hydrogens is 300 g/mol. The second-order valence-electron chi connectivity index (χ2n) is 4.12. The molecule has 1 aromatic heterocycles. The van der Waals surface area contributed by atoms with Crippen LogP contribution in [-0.2, 0) is 0 Å². The predicted octanol–water partition coefficient (Wildman–Crippen LogP) is 3.44. The quantitative estimate of drug-likeness (QED) is 0.685. The molecule has 0 spiro atoms. The number of pyridine rings is 1. The summed E-state index contributed by atoms with van der Waals surface area (Å²) in [4.78, 5) is 24.7. The minimum Gasteiger partial charge on any atom is -0.477 e. The van der Waals surface area contributed by atoms with Gasteiger partial charge in [0.15, 0.2) is 5.69 Å². The molecule has 8 heteroatoms. The van der Waals surface area contributed by atoms with Crippen LogP contribution in [0, 0.1) is 17.0 Å². The van der Waals surface area contributed by atoms with E-state index in [1.165, 1.54) is 6.07 Å². The van der Waals surface area contributed by atoms with Crippen LogP contribution in [0.1, 0.15) is 16.1 Å². The van der Waals surface area contributed by atoms with Crippen molar-refractivity contribution in [3.8, 4) is 11.6 Å². The van der Waals surface area contributed by atoms with E-state index in [4.69, 9.17) is 21.4 Å². The van der Waals surface area contributed by atoms with Gasteiger partial charge < -0.3 is 9.84 Å². The van der Waals surface area contributed by atoms with Gasteiger partial charge in [-0.1, -0.05) is 17.7 Å². The first-order valence-corrected chi connectivity index (χ1v) is 6.09. The Hall–Kier alpha value is -2.67. The third kappa shape index (κ3) is 3.26. The molecule has 0 bridgehead atoms. The number of halogens is 1. The number of hydrogen-bond acceptors (Lipinski definition) is 5. The van der Waals surface area contributed by atoms with Crippen molar-refractivity contribution in [3.05, 3.63) is 56.7 Å². The fourth-order valence-electron chi connectivity index (χ4n) is 1.56. The Morgan fingerprint density at radius 1 is 1.38 bits per heavy atom. The molecule has 21 heavy (non-hydrogen) atoms. The van der Waals surface area contributed by atoms with E-state index in [0.717, 1.165) is 17.7 Å². The van der Waals surface area contributed by atoms with Crippen LogP contribution in [0.4, 0.5) is 5.69 Å². The number of benzene rings is 1. The third-order valence-electron chi connectivity index (χ3n) is 2.55. The van der Waals surface area contributed by atoms with Crippen LogP contribution in [0.2, 0.25) is 5.02 Å². The van der Waals surface area contributed by atoms with Gasteiger partial charge in [-0.2, -0.15) is 4.98 Å². The standard InChI is InChI=1S/C13H9ClN2O5/c1-7-2-5-11(8(14)6-7)21-12-10(16(19)20)4-3-9(15-12)13(17)18/h2-6H,1H3,(H,17,18). The van der Waals surface area contributed by atoms with Crippen molar-refractivity contribution in [2.45, 2.75) is 6.92 Å². The van der Waals surface area contributed by atoms with E-state index in [1.807, 2.05) is 6.92 Å². The van der Waals surface area contributed by atoms with Gasteiger partial charge in [0.2, 0.25) is 0 Å². The molecule has 0 amide bonds. The van der Waals surface area contributed by atoms with Crippen molar-refractivity contribution in [3.63, 3.8) is 0 Å². The van der Waals surface area contributed by atoms with E-state index < -0.39 is 22.5 Å². The van der Waals surface area contributed by atoms with Crippen LogP contribution >= 0.6 is 11.6 Å². The maximum absolute atomic E-state index is 10.9. The van der Waals surface area contributed by atoms with Gasteiger partial charge >= 0.3 is 17.5 Å². The van der Waals surface area contributed by atoms with Gasteiger partial charge in [-0.15, -0.1) is 0 Å². The maximum Gasteiger partial charge on any atom is 0.354 e. The van der Waals surface area contributed by atoms with Gasteiger partial charge in [-0.05, 0) is 30.7 Å². The number of carboxylic acids is 1. The number of nitro groups is 1. The highest BCUT2D eigenvalue weighted by atomic mass is 35.5.